The number of carbonyl (C=O) groups excluding carboxylic acids is 1. The number of aromatic nitrogens is 4. The number of aryl methyl sites for hydroxylation is 1. The zero-order valence-electron chi connectivity index (χ0n) is 19.6. The zero-order valence-corrected chi connectivity index (χ0v) is 20.4. The Balaban J connectivity index is 1.27. The lowest BCUT2D eigenvalue weighted by atomic mass is 9.98. The predicted molar refractivity (Wildman–Crippen MR) is 133 cm³/mol. The minimum atomic E-state index is -1.09. The SMILES string of the molecule is CCCCn1nnnc1CSCCC(NC(=O)OCC1c2ccccc2-c2ccccc21)C(=O)O. The topological polar surface area (TPSA) is 119 Å². The van der Waals surface area contributed by atoms with Gasteiger partial charge in [0.2, 0.25) is 0 Å². The molecule has 1 aliphatic carbocycles. The van der Waals surface area contributed by atoms with E-state index in [9.17, 15) is 14.7 Å². The van der Waals surface area contributed by atoms with Crippen LogP contribution in [0, 0.1) is 0 Å². The zero-order chi connectivity index (χ0) is 24.6. The minimum Gasteiger partial charge on any atom is -0.480 e. The maximum atomic E-state index is 12.5. The second-order valence-electron chi connectivity index (χ2n) is 8.37. The quantitative estimate of drug-likeness (QED) is 0.361. The molecule has 4 rings (SSSR count). The molecule has 0 radical (unpaired) electrons. The lowest BCUT2D eigenvalue weighted by Crippen LogP contribution is -2.41. The van der Waals surface area contributed by atoms with Gasteiger partial charge >= 0.3 is 12.1 Å². The number of tetrazole rings is 1. The van der Waals surface area contributed by atoms with E-state index in [0.717, 1.165) is 47.5 Å². The maximum absolute atomic E-state index is 12.5. The number of unbranched alkanes of at least 4 members (excludes halogenated alkanes) is 1. The summed E-state index contributed by atoms with van der Waals surface area (Å²) in [5, 5.41) is 23.8. The largest absolute Gasteiger partial charge is 0.480 e. The van der Waals surface area contributed by atoms with Crippen LogP contribution in [0.25, 0.3) is 11.1 Å². The molecule has 1 amide bonds. The number of nitrogens with one attached hydrogen (secondary N) is 1. The van der Waals surface area contributed by atoms with Crippen molar-refractivity contribution < 1.29 is 19.4 Å². The highest BCUT2D eigenvalue weighted by Crippen LogP contribution is 2.44. The highest BCUT2D eigenvalue weighted by molar-refractivity contribution is 7.98. The first-order valence-corrected chi connectivity index (χ1v) is 12.9. The molecule has 3 aromatic rings. The van der Waals surface area contributed by atoms with Crippen LogP contribution in [0.3, 0.4) is 0 Å². The molecule has 0 aliphatic heterocycles. The van der Waals surface area contributed by atoms with E-state index < -0.39 is 18.1 Å². The second-order valence-corrected chi connectivity index (χ2v) is 9.48. The Morgan fingerprint density at radius 2 is 1.83 bits per heavy atom. The molecule has 35 heavy (non-hydrogen) atoms. The van der Waals surface area contributed by atoms with Crippen LogP contribution in [0.2, 0.25) is 0 Å². The highest BCUT2D eigenvalue weighted by atomic mass is 32.2. The van der Waals surface area contributed by atoms with Gasteiger partial charge in [-0.3, -0.25) is 0 Å². The Hall–Kier alpha value is -3.40. The van der Waals surface area contributed by atoms with Crippen LogP contribution in [-0.2, 0) is 21.8 Å². The average molecular weight is 496 g/mol. The van der Waals surface area contributed by atoms with Crippen molar-refractivity contribution >= 4 is 23.8 Å². The smallest absolute Gasteiger partial charge is 0.407 e. The molecule has 1 aliphatic rings. The van der Waals surface area contributed by atoms with Crippen LogP contribution in [0.4, 0.5) is 4.79 Å². The van der Waals surface area contributed by atoms with E-state index >= 15 is 0 Å². The molecule has 1 aromatic heterocycles. The van der Waals surface area contributed by atoms with E-state index in [1.54, 1.807) is 4.68 Å². The third-order valence-electron chi connectivity index (χ3n) is 6.05. The summed E-state index contributed by atoms with van der Waals surface area (Å²) in [6, 6.07) is 15.1. The van der Waals surface area contributed by atoms with Gasteiger partial charge in [-0.15, -0.1) is 5.10 Å². The average Bonchev–Trinajstić information content (AvgIpc) is 3.45. The molecule has 1 heterocycles. The first kappa shape index (κ1) is 24.7. The number of carbonyl (C=O) groups is 2. The Morgan fingerprint density at radius 1 is 1.14 bits per heavy atom. The number of thioether (sulfide) groups is 1. The molecule has 0 spiro atoms. The number of ether oxygens (including phenoxy) is 1. The van der Waals surface area contributed by atoms with Crippen molar-refractivity contribution in [1.29, 1.82) is 0 Å². The molecular weight excluding hydrogens is 466 g/mol. The molecule has 0 saturated heterocycles. The fraction of sp³-hybridized carbons (Fsp3) is 0.400. The van der Waals surface area contributed by atoms with Crippen molar-refractivity contribution in [2.24, 2.45) is 0 Å². The van der Waals surface area contributed by atoms with Gasteiger partial charge in [-0.25, -0.2) is 14.3 Å². The standard InChI is InChI=1S/C25H29N5O4S/c1-2-3-13-30-23(27-28-29-30)16-35-14-12-22(24(31)32)26-25(33)34-15-21-19-10-6-4-8-17(19)18-9-5-7-11-20(18)21/h4-11,21-22H,2-3,12-16H2,1H3,(H,26,33)(H,31,32). The number of alkyl carbamates (subject to hydrolysis) is 1. The first-order chi connectivity index (χ1) is 17.1. The number of hydrogen-bond acceptors (Lipinski definition) is 7. The van der Waals surface area contributed by atoms with E-state index in [4.69, 9.17) is 4.74 Å². The fourth-order valence-corrected chi connectivity index (χ4v) is 5.15. The van der Waals surface area contributed by atoms with Crippen LogP contribution < -0.4 is 5.32 Å². The van der Waals surface area contributed by atoms with Crippen LogP contribution in [0.5, 0.6) is 0 Å². The van der Waals surface area contributed by atoms with Gasteiger partial charge in [-0.1, -0.05) is 61.9 Å². The van der Waals surface area contributed by atoms with E-state index in [0.29, 0.717) is 11.5 Å². The van der Waals surface area contributed by atoms with Gasteiger partial charge in [0, 0.05) is 12.5 Å². The number of carboxylic acids is 1. The van der Waals surface area contributed by atoms with Gasteiger partial charge in [0.05, 0.1) is 5.75 Å². The number of carboxylic acid groups (broad SMARTS) is 1. The van der Waals surface area contributed by atoms with Crippen molar-refractivity contribution in [3.05, 3.63) is 65.5 Å². The number of rotatable bonds is 12. The lowest BCUT2D eigenvalue weighted by Gasteiger charge is -2.17. The Kier molecular flexibility index (Phi) is 8.36. The number of benzene rings is 2. The number of aliphatic carboxylic acids is 1. The summed E-state index contributed by atoms with van der Waals surface area (Å²) < 4.78 is 7.27. The van der Waals surface area contributed by atoms with Crippen LogP contribution >= 0.6 is 11.8 Å². The van der Waals surface area contributed by atoms with Crippen molar-refractivity contribution in [3.63, 3.8) is 0 Å². The second kappa shape index (κ2) is 11.8. The molecule has 1 unspecified atom stereocenters. The summed E-state index contributed by atoms with van der Waals surface area (Å²) in [6.45, 7) is 3.01. The number of amides is 1. The minimum absolute atomic E-state index is 0.0781. The molecular formula is C25H29N5O4S. The lowest BCUT2D eigenvalue weighted by molar-refractivity contribution is -0.139. The number of hydrogen-bond donors (Lipinski definition) is 2. The van der Waals surface area contributed by atoms with Crippen molar-refractivity contribution in [2.75, 3.05) is 12.4 Å². The summed E-state index contributed by atoms with van der Waals surface area (Å²) in [4.78, 5) is 24.2. The summed E-state index contributed by atoms with van der Waals surface area (Å²) in [6.07, 6.45) is 1.58. The monoisotopic (exact) mass is 495 g/mol. The van der Waals surface area contributed by atoms with Crippen LogP contribution in [-0.4, -0.2) is 55.8 Å². The van der Waals surface area contributed by atoms with E-state index in [1.165, 1.54) is 11.8 Å². The molecule has 10 heteroatoms. The van der Waals surface area contributed by atoms with Crippen LogP contribution in [0.15, 0.2) is 48.5 Å². The summed E-state index contributed by atoms with van der Waals surface area (Å²) in [7, 11) is 0. The van der Waals surface area contributed by atoms with Gasteiger partial charge in [0.25, 0.3) is 0 Å². The van der Waals surface area contributed by atoms with Crippen molar-refractivity contribution in [3.8, 4) is 11.1 Å². The molecule has 0 bridgehead atoms. The third-order valence-corrected chi connectivity index (χ3v) is 7.03. The van der Waals surface area contributed by atoms with Gasteiger partial charge in [-0.2, -0.15) is 11.8 Å². The highest BCUT2D eigenvalue weighted by Gasteiger charge is 2.29. The predicted octanol–water partition coefficient (Wildman–Crippen LogP) is 4.09. The Labute approximate surface area is 208 Å². The molecule has 1 atom stereocenters. The first-order valence-electron chi connectivity index (χ1n) is 11.8. The molecule has 2 aromatic carbocycles. The third kappa shape index (κ3) is 6.00. The Bertz CT molecular complexity index is 1120. The number of nitrogens with zero attached hydrogens (tertiary/aromatic N) is 4. The van der Waals surface area contributed by atoms with E-state index in [-0.39, 0.29) is 18.9 Å². The van der Waals surface area contributed by atoms with Gasteiger partial charge in [0.15, 0.2) is 5.82 Å². The van der Waals surface area contributed by atoms with E-state index in [2.05, 4.69) is 39.9 Å². The van der Waals surface area contributed by atoms with Gasteiger partial charge in [0.1, 0.15) is 12.6 Å². The molecule has 184 valence electrons. The van der Waals surface area contributed by atoms with Crippen LogP contribution in [0.1, 0.15) is 49.1 Å². The summed E-state index contributed by atoms with van der Waals surface area (Å²) in [5.41, 5.74) is 4.49. The van der Waals surface area contributed by atoms with Gasteiger partial charge < -0.3 is 15.2 Å². The molecule has 0 fully saturated rings. The normalized spacial score (nSPS) is 13.2. The van der Waals surface area contributed by atoms with E-state index in [1.807, 2.05) is 36.4 Å². The molecule has 0 saturated carbocycles. The summed E-state index contributed by atoms with van der Waals surface area (Å²) in [5.74, 6) is 0.701. The van der Waals surface area contributed by atoms with Crippen molar-refractivity contribution in [1.82, 2.24) is 25.5 Å². The maximum Gasteiger partial charge on any atom is 0.407 e. The Morgan fingerprint density at radius 3 is 2.49 bits per heavy atom. The number of fused-ring (bicyclic) bond motifs is 3. The summed E-state index contributed by atoms with van der Waals surface area (Å²) >= 11 is 1.53. The fourth-order valence-electron chi connectivity index (χ4n) is 4.21. The molecule has 9 nitrogen and oxygen atoms in total. The molecule has 2 N–H and O–H groups in total. The van der Waals surface area contributed by atoms with Gasteiger partial charge in [-0.05, 0) is 51.3 Å². The van der Waals surface area contributed by atoms with Crippen molar-refractivity contribution in [2.45, 2.75) is 50.4 Å².